The summed E-state index contributed by atoms with van der Waals surface area (Å²) in [6.07, 6.45) is 3.05. The molecule has 0 fully saturated rings. The first-order valence-electron chi connectivity index (χ1n) is 6.36. The average Bonchev–Trinajstić information content (AvgIpc) is 2.65. The Morgan fingerprint density at radius 1 is 1.29 bits per heavy atom. The van der Waals surface area contributed by atoms with Crippen molar-refractivity contribution in [3.05, 3.63) is 12.0 Å². The van der Waals surface area contributed by atoms with Gasteiger partial charge in [-0.05, 0) is 24.8 Å². The molecule has 0 radical (unpaired) electrons. The van der Waals surface area contributed by atoms with Crippen LogP contribution in [0.4, 0.5) is 0 Å². The van der Waals surface area contributed by atoms with Crippen LogP contribution in [0.15, 0.2) is 10.7 Å². The maximum Gasteiger partial charge on any atom is 0.393 e. The summed E-state index contributed by atoms with van der Waals surface area (Å²) < 4.78 is 10.6. The fourth-order valence-electron chi connectivity index (χ4n) is 1.31. The summed E-state index contributed by atoms with van der Waals surface area (Å²) in [5, 5.41) is 3.31. The third kappa shape index (κ3) is 6.31. The number of rotatable bonds is 8. The fourth-order valence-corrected chi connectivity index (χ4v) is 1.31. The SMILES string of the molecule is CC(C)CCOc1nc(CNCC(C)C)co1. The minimum absolute atomic E-state index is 0.381. The Morgan fingerprint density at radius 2 is 2.06 bits per heavy atom. The smallest absolute Gasteiger partial charge is 0.393 e. The summed E-state index contributed by atoms with van der Waals surface area (Å²) in [4.78, 5) is 4.25. The van der Waals surface area contributed by atoms with Crippen LogP contribution in [-0.4, -0.2) is 18.1 Å². The van der Waals surface area contributed by atoms with Crippen molar-refractivity contribution in [3.8, 4) is 6.08 Å². The van der Waals surface area contributed by atoms with E-state index in [-0.39, 0.29) is 0 Å². The summed E-state index contributed by atoms with van der Waals surface area (Å²) in [6.45, 7) is 11.1. The Bertz CT molecular complexity index is 280. The van der Waals surface area contributed by atoms with Crippen LogP contribution in [0.5, 0.6) is 6.08 Å². The van der Waals surface area contributed by atoms with Crippen molar-refractivity contribution < 1.29 is 9.15 Å². The largest absolute Gasteiger partial charge is 0.450 e. The van der Waals surface area contributed by atoms with Crippen LogP contribution < -0.4 is 10.1 Å². The van der Waals surface area contributed by atoms with Crippen molar-refractivity contribution in [1.29, 1.82) is 0 Å². The van der Waals surface area contributed by atoms with Gasteiger partial charge in [-0.25, -0.2) is 0 Å². The number of oxazole rings is 1. The van der Waals surface area contributed by atoms with Gasteiger partial charge in [-0.3, -0.25) is 0 Å². The molecule has 1 aromatic rings. The second-order valence-electron chi connectivity index (χ2n) is 5.16. The van der Waals surface area contributed by atoms with Crippen LogP contribution in [0.2, 0.25) is 0 Å². The molecule has 4 nitrogen and oxygen atoms in total. The molecule has 4 heteroatoms. The lowest BCUT2D eigenvalue weighted by molar-refractivity contribution is 0.216. The van der Waals surface area contributed by atoms with Gasteiger partial charge in [0.1, 0.15) is 6.26 Å². The number of aromatic nitrogens is 1. The molecule has 0 spiro atoms. The average molecular weight is 240 g/mol. The molecule has 1 aromatic heterocycles. The van der Waals surface area contributed by atoms with Crippen molar-refractivity contribution in [2.24, 2.45) is 11.8 Å². The summed E-state index contributed by atoms with van der Waals surface area (Å²) in [5.74, 6) is 1.28. The van der Waals surface area contributed by atoms with Crippen molar-refractivity contribution in [3.63, 3.8) is 0 Å². The van der Waals surface area contributed by atoms with E-state index >= 15 is 0 Å². The van der Waals surface area contributed by atoms with Crippen molar-refractivity contribution in [1.82, 2.24) is 10.3 Å². The minimum Gasteiger partial charge on any atom is -0.450 e. The van der Waals surface area contributed by atoms with Gasteiger partial charge in [0.2, 0.25) is 0 Å². The first-order chi connectivity index (χ1) is 8.08. The van der Waals surface area contributed by atoms with Gasteiger partial charge in [0, 0.05) is 6.54 Å². The molecule has 0 amide bonds. The molecule has 17 heavy (non-hydrogen) atoms. The van der Waals surface area contributed by atoms with Gasteiger partial charge in [0.25, 0.3) is 0 Å². The first kappa shape index (κ1) is 14.0. The minimum atomic E-state index is 0.381. The van der Waals surface area contributed by atoms with E-state index in [0.29, 0.717) is 24.5 Å². The van der Waals surface area contributed by atoms with Gasteiger partial charge in [-0.2, -0.15) is 4.98 Å². The third-order valence-corrected chi connectivity index (χ3v) is 2.31. The molecule has 98 valence electrons. The molecular weight excluding hydrogens is 216 g/mol. The molecular formula is C13H24N2O2. The zero-order valence-corrected chi connectivity index (χ0v) is 11.3. The van der Waals surface area contributed by atoms with Crippen LogP contribution in [0.1, 0.15) is 39.8 Å². The molecule has 1 rings (SSSR count). The van der Waals surface area contributed by atoms with E-state index < -0.39 is 0 Å². The Hall–Kier alpha value is -1.03. The highest BCUT2D eigenvalue weighted by atomic mass is 16.6. The molecule has 0 aromatic carbocycles. The van der Waals surface area contributed by atoms with E-state index in [9.17, 15) is 0 Å². The van der Waals surface area contributed by atoms with Gasteiger partial charge in [0.15, 0.2) is 0 Å². The van der Waals surface area contributed by atoms with Gasteiger partial charge >= 0.3 is 6.08 Å². The third-order valence-electron chi connectivity index (χ3n) is 2.31. The summed E-state index contributed by atoms with van der Waals surface area (Å²) in [6, 6.07) is 0. The summed E-state index contributed by atoms with van der Waals surface area (Å²) in [7, 11) is 0. The molecule has 0 aliphatic carbocycles. The summed E-state index contributed by atoms with van der Waals surface area (Å²) in [5.41, 5.74) is 0.894. The zero-order chi connectivity index (χ0) is 12.7. The Kier molecular flexibility index (Phi) is 6.05. The Balaban J connectivity index is 2.23. The lowest BCUT2D eigenvalue weighted by atomic mass is 10.1. The van der Waals surface area contributed by atoms with Crippen LogP contribution in [0.25, 0.3) is 0 Å². The van der Waals surface area contributed by atoms with E-state index in [1.54, 1.807) is 6.26 Å². The monoisotopic (exact) mass is 240 g/mol. The van der Waals surface area contributed by atoms with Gasteiger partial charge < -0.3 is 14.5 Å². The van der Waals surface area contributed by atoms with E-state index in [1.807, 2.05) is 0 Å². The molecule has 0 atom stereocenters. The van der Waals surface area contributed by atoms with Crippen molar-refractivity contribution in [2.45, 2.75) is 40.7 Å². The number of hydrogen-bond acceptors (Lipinski definition) is 4. The number of hydrogen-bond donors (Lipinski definition) is 1. The molecule has 0 bridgehead atoms. The number of nitrogens with zero attached hydrogens (tertiary/aromatic N) is 1. The number of nitrogens with one attached hydrogen (secondary N) is 1. The second-order valence-corrected chi connectivity index (χ2v) is 5.16. The Labute approximate surface area is 104 Å². The van der Waals surface area contributed by atoms with Crippen LogP contribution >= 0.6 is 0 Å². The predicted molar refractivity (Wildman–Crippen MR) is 68.0 cm³/mol. The topological polar surface area (TPSA) is 47.3 Å². The molecule has 0 aliphatic heterocycles. The maximum absolute atomic E-state index is 5.42. The predicted octanol–water partition coefficient (Wildman–Crippen LogP) is 2.85. The lowest BCUT2D eigenvalue weighted by Crippen LogP contribution is -2.19. The van der Waals surface area contributed by atoms with Crippen molar-refractivity contribution in [2.75, 3.05) is 13.2 Å². The second kappa shape index (κ2) is 7.33. The first-order valence-corrected chi connectivity index (χ1v) is 6.36. The fraction of sp³-hybridized carbons (Fsp3) is 0.769. The standard InChI is InChI=1S/C13H24N2O2/c1-10(2)5-6-16-13-15-12(9-17-13)8-14-7-11(3)4/h9-11,14H,5-8H2,1-4H3. The Morgan fingerprint density at radius 3 is 2.71 bits per heavy atom. The van der Waals surface area contributed by atoms with Gasteiger partial charge in [0.05, 0.1) is 12.3 Å². The van der Waals surface area contributed by atoms with Crippen LogP contribution in [0, 0.1) is 11.8 Å². The summed E-state index contributed by atoms with van der Waals surface area (Å²) >= 11 is 0. The van der Waals surface area contributed by atoms with E-state index in [0.717, 1.165) is 25.2 Å². The van der Waals surface area contributed by atoms with Crippen LogP contribution in [0.3, 0.4) is 0 Å². The maximum atomic E-state index is 5.42. The van der Waals surface area contributed by atoms with Gasteiger partial charge in [-0.15, -0.1) is 0 Å². The van der Waals surface area contributed by atoms with E-state index in [2.05, 4.69) is 38.0 Å². The lowest BCUT2D eigenvalue weighted by Gasteiger charge is -2.04. The van der Waals surface area contributed by atoms with Gasteiger partial charge in [-0.1, -0.05) is 27.7 Å². The molecule has 0 saturated heterocycles. The highest BCUT2D eigenvalue weighted by Crippen LogP contribution is 2.11. The van der Waals surface area contributed by atoms with E-state index in [1.165, 1.54) is 0 Å². The normalized spacial score (nSPS) is 11.4. The highest BCUT2D eigenvalue weighted by Gasteiger charge is 2.05. The van der Waals surface area contributed by atoms with E-state index in [4.69, 9.17) is 9.15 Å². The number of ether oxygens (including phenoxy) is 1. The molecule has 1 N–H and O–H groups in total. The molecule has 1 heterocycles. The molecule has 0 saturated carbocycles. The highest BCUT2D eigenvalue weighted by molar-refractivity contribution is 4.99. The van der Waals surface area contributed by atoms with Crippen LogP contribution in [-0.2, 0) is 6.54 Å². The molecule has 0 unspecified atom stereocenters. The zero-order valence-electron chi connectivity index (χ0n) is 11.3. The quantitative estimate of drug-likeness (QED) is 0.759. The van der Waals surface area contributed by atoms with Crippen molar-refractivity contribution >= 4 is 0 Å². The molecule has 0 aliphatic rings.